The van der Waals surface area contributed by atoms with Gasteiger partial charge in [-0.05, 0) is 37.6 Å². The van der Waals surface area contributed by atoms with Crippen LogP contribution in [-0.4, -0.2) is 22.7 Å². The highest BCUT2D eigenvalue weighted by molar-refractivity contribution is 6.31. The lowest BCUT2D eigenvalue weighted by Gasteiger charge is -2.23. The highest BCUT2D eigenvalue weighted by Crippen LogP contribution is 2.38. The van der Waals surface area contributed by atoms with E-state index in [0.717, 1.165) is 11.3 Å². The van der Waals surface area contributed by atoms with Gasteiger partial charge in [0.2, 0.25) is 5.91 Å². The first-order valence-electron chi connectivity index (χ1n) is 6.80. The van der Waals surface area contributed by atoms with Crippen molar-refractivity contribution in [3.05, 3.63) is 47.2 Å². The molecule has 2 amide bonds. The highest BCUT2D eigenvalue weighted by Gasteiger charge is 2.30. The van der Waals surface area contributed by atoms with E-state index >= 15 is 0 Å². The number of carbonyl (C=O) groups is 2. The molecule has 1 aromatic heterocycles. The van der Waals surface area contributed by atoms with E-state index in [9.17, 15) is 9.59 Å². The van der Waals surface area contributed by atoms with Gasteiger partial charge in [0.25, 0.3) is 5.91 Å². The molecule has 2 aromatic rings. The average molecular weight is 316 g/mol. The summed E-state index contributed by atoms with van der Waals surface area (Å²) in [6, 6.07) is 8.77. The number of alkyl halides is 1. The number of nitrogens with zero attached hydrogens (tertiary/aromatic N) is 2. The zero-order valence-corrected chi connectivity index (χ0v) is 12.9. The van der Waals surface area contributed by atoms with Gasteiger partial charge in [-0.15, -0.1) is 11.6 Å². The molecular formula is C16H14ClN3O2. The summed E-state index contributed by atoms with van der Waals surface area (Å²) in [5.74, 6) is -0.391. The molecule has 1 aliphatic rings. The molecule has 1 aromatic carbocycles. The van der Waals surface area contributed by atoms with Gasteiger partial charge in [-0.3, -0.25) is 14.5 Å². The Morgan fingerprint density at radius 3 is 2.77 bits per heavy atom. The first kappa shape index (κ1) is 14.5. The van der Waals surface area contributed by atoms with Crippen molar-refractivity contribution in [1.82, 2.24) is 4.98 Å². The van der Waals surface area contributed by atoms with Gasteiger partial charge in [0, 0.05) is 5.69 Å². The summed E-state index contributed by atoms with van der Waals surface area (Å²) in [5, 5.41) is 2.84. The molecule has 6 heteroatoms. The number of hydrogen-bond acceptors (Lipinski definition) is 3. The number of hydrogen-bond donors (Lipinski definition) is 1. The Morgan fingerprint density at radius 2 is 2.05 bits per heavy atom. The van der Waals surface area contributed by atoms with E-state index in [0.29, 0.717) is 22.8 Å². The third-order valence-electron chi connectivity index (χ3n) is 3.53. The summed E-state index contributed by atoms with van der Waals surface area (Å²) >= 11 is 5.76. The van der Waals surface area contributed by atoms with Crippen molar-refractivity contribution in [2.45, 2.75) is 13.8 Å². The average Bonchev–Trinajstić information content (AvgIpc) is 2.62. The van der Waals surface area contributed by atoms with E-state index in [2.05, 4.69) is 10.3 Å². The van der Waals surface area contributed by atoms with Crippen LogP contribution in [0.2, 0.25) is 0 Å². The summed E-state index contributed by atoms with van der Waals surface area (Å²) in [6.07, 6.45) is 0. The molecule has 2 heterocycles. The van der Waals surface area contributed by atoms with Crippen LogP contribution >= 0.6 is 11.6 Å². The second-order valence-corrected chi connectivity index (χ2v) is 5.38. The molecule has 0 aliphatic carbocycles. The van der Waals surface area contributed by atoms with Crippen molar-refractivity contribution in [3.8, 4) is 0 Å². The third kappa shape index (κ3) is 2.23. The smallest absolute Gasteiger partial charge is 0.257 e. The number of rotatable bonds is 1. The number of para-hydroxylation sites is 1. The Balaban J connectivity index is 2.35. The van der Waals surface area contributed by atoms with Crippen LogP contribution in [0.4, 0.5) is 17.2 Å². The van der Waals surface area contributed by atoms with E-state index in [1.807, 2.05) is 19.9 Å². The highest BCUT2D eigenvalue weighted by atomic mass is 35.5. The van der Waals surface area contributed by atoms with Crippen molar-refractivity contribution < 1.29 is 9.59 Å². The molecule has 112 valence electrons. The number of nitrogens with one attached hydrogen (secondary N) is 1. The van der Waals surface area contributed by atoms with E-state index in [1.54, 1.807) is 24.3 Å². The van der Waals surface area contributed by atoms with Gasteiger partial charge in [-0.1, -0.05) is 12.1 Å². The number of anilines is 3. The molecule has 1 N–H and O–H groups in total. The van der Waals surface area contributed by atoms with Crippen molar-refractivity contribution in [2.24, 2.45) is 0 Å². The van der Waals surface area contributed by atoms with Crippen LogP contribution in [-0.2, 0) is 4.79 Å². The van der Waals surface area contributed by atoms with Gasteiger partial charge in [-0.2, -0.15) is 0 Å². The fraction of sp³-hybridized carbons (Fsp3) is 0.188. The van der Waals surface area contributed by atoms with Gasteiger partial charge in [0.1, 0.15) is 5.88 Å². The van der Waals surface area contributed by atoms with Crippen LogP contribution in [0.1, 0.15) is 21.6 Å². The molecule has 5 nitrogen and oxygen atoms in total. The quantitative estimate of drug-likeness (QED) is 0.822. The monoisotopic (exact) mass is 315 g/mol. The molecule has 0 saturated carbocycles. The minimum atomic E-state index is -0.329. The fourth-order valence-corrected chi connectivity index (χ4v) is 2.72. The predicted octanol–water partition coefficient (Wildman–Crippen LogP) is 3.17. The number of carbonyl (C=O) groups excluding carboxylic acids is 2. The zero-order valence-electron chi connectivity index (χ0n) is 12.2. The number of benzene rings is 1. The SMILES string of the molecule is Cc1cc(C)c2c(n1)N(C(=O)CCl)c1ccccc1C(=O)N2. The predicted molar refractivity (Wildman–Crippen MR) is 86.0 cm³/mol. The van der Waals surface area contributed by atoms with Gasteiger partial charge < -0.3 is 5.32 Å². The molecule has 0 spiro atoms. The summed E-state index contributed by atoms with van der Waals surface area (Å²) in [6.45, 7) is 3.71. The fourth-order valence-electron chi connectivity index (χ4n) is 2.60. The molecule has 0 radical (unpaired) electrons. The lowest BCUT2D eigenvalue weighted by molar-refractivity contribution is -0.115. The lowest BCUT2D eigenvalue weighted by Crippen LogP contribution is -2.28. The van der Waals surface area contributed by atoms with Crippen molar-refractivity contribution in [2.75, 3.05) is 16.1 Å². The zero-order chi connectivity index (χ0) is 15.9. The van der Waals surface area contributed by atoms with Crippen LogP contribution in [0.3, 0.4) is 0 Å². The number of aromatic nitrogens is 1. The standard InChI is InChI=1S/C16H14ClN3O2/c1-9-7-10(2)18-15-14(9)19-16(22)11-5-3-4-6-12(11)20(15)13(21)8-17/h3-7H,8H2,1-2H3,(H,19,22). The van der Waals surface area contributed by atoms with E-state index in [4.69, 9.17) is 11.6 Å². The van der Waals surface area contributed by atoms with Gasteiger partial charge >= 0.3 is 0 Å². The normalized spacial score (nSPS) is 13.0. The summed E-state index contributed by atoms with van der Waals surface area (Å²) in [7, 11) is 0. The van der Waals surface area contributed by atoms with Crippen LogP contribution in [0.25, 0.3) is 0 Å². The summed E-state index contributed by atoms with van der Waals surface area (Å²) in [5.41, 5.74) is 3.04. The second-order valence-electron chi connectivity index (χ2n) is 5.11. The van der Waals surface area contributed by atoms with Gasteiger partial charge in [0.05, 0.1) is 16.9 Å². The molecule has 3 rings (SSSR count). The number of amides is 2. The number of fused-ring (bicyclic) bond motifs is 2. The topological polar surface area (TPSA) is 62.3 Å². The summed E-state index contributed by atoms with van der Waals surface area (Å²) < 4.78 is 0. The van der Waals surface area contributed by atoms with E-state index < -0.39 is 0 Å². The Bertz CT molecular complexity index is 789. The van der Waals surface area contributed by atoms with Gasteiger partial charge in [0.15, 0.2) is 5.82 Å². The molecule has 22 heavy (non-hydrogen) atoms. The minimum Gasteiger partial charge on any atom is -0.319 e. The lowest BCUT2D eigenvalue weighted by atomic mass is 10.1. The Kier molecular flexibility index (Phi) is 3.58. The molecule has 0 bridgehead atoms. The first-order valence-corrected chi connectivity index (χ1v) is 7.34. The molecule has 0 saturated heterocycles. The molecular weight excluding hydrogens is 302 g/mol. The van der Waals surface area contributed by atoms with Crippen molar-refractivity contribution in [1.29, 1.82) is 0 Å². The third-order valence-corrected chi connectivity index (χ3v) is 3.76. The van der Waals surface area contributed by atoms with Crippen LogP contribution in [0, 0.1) is 13.8 Å². The number of pyridine rings is 1. The Morgan fingerprint density at radius 1 is 1.32 bits per heavy atom. The molecule has 0 atom stereocenters. The maximum absolute atomic E-state index is 12.5. The van der Waals surface area contributed by atoms with Crippen LogP contribution in [0.5, 0.6) is 0 Å². The Labute approximate surface area is 132 Å². The summed E-state index contributed by atoms with van der Waals surface area (Å²) in [4.78, 5) is 30.7. The molecule has 0 fully saturated rings. The van der Waals surface area contributed by atoms with E-state index in [1.165, 1.54) is 4.90 Å². The molecule has 0 unspecified atom stereocenters. The number of aryl methyl sites for hydroxylation is 2. The van der Waals surface area contributed by atoms with Crippen LogP contribution in [0.15, 0.2) is 30.3 Å². The minimum absolute atomic E-state index is 0.198. The van der Waals surface area contributed by atoms with Crippen molar-refractivity contribution >= 4 is 40.6 Å². The maximum atomic E-state index is 12.5. The number of halogens is 1. The van der Waals surface area contributed by atoms with Crippen molar-refractivity contribution in [3.63, 3.8) is 0 Å². The second kappa shape index (κ2) is 5.42. The van der Waals surface area contributed by atoms with E-state index in [-0.39, 0.29) is 17.7 Å². The maximum Gasteiger partial charge on any atom is 0.257 e. The Hall–Kier alpha value is -2.40. The van der Waals surface area contributed by atoms with Gasteiger partial charge in [-0.25, -0.2) is 4.98 Å². The molecule has 1 aliphatic heterocycles. The largest absolute Gasteiger partial charge is 0.319 e. The van der Waals surface area contributed by atoms with Crippen LogP contribution < -0.4 is 10.2 Å². The first-order chi connectivity index (χ1) is 10.5.